The Morgan fingerprint density at radius 2 is 1.91 bits per heavy atom. The van der Waals surface area contributed by atoms with Crippen molar-refractivity contribution < 1.29 is 4.39 Å². The van der Waals surface area contributed by atoms with Gasteiger partial charge in [-0.3, -0.25) is 0 Å². The maximum atomic E-state index is 12.9. The van der Waals surface area contributed by atoms with Gasteiger partial charge in [0, 0.05) is 12.1 Å². The Labute approximate surface area is 66.5 Å². The van der Waals surface area contributed by atoms with Crippen molar-refractivity contribution in [1.29, 1.82) is 0 Å². The van der Waals surface area contributed by atoms with Gasteiger partial charge in [-0.2, -0.15) is 0 Å². The van der Waals surface area contributed by atoms with E-state index in [-0.39, 0.29) is 5.82 Å². The summed E-state index contributed by atoms with van der Waals surface area (Å²) in [4.78, 5) is 1.94. The third kappa shape index (κ3) is 2.31. The highest BCUT2D eigenvalue weighted by atomic mass is 19.1. The van der Waals surface area contributed by atoms with Crippen molar-refractivity contribution in [3.8, 4) is 0 Å². The lowest BCUT2D eigenvalue weighted by Gasteiger charge is -2.09. The number of halogens is 1. The summed E-state index contributed by atoms with van der Waals surface area (Å²) >= 11 is 0. The Bertz CT molecular complexity index is 233. The quantitative estimate of drug-likeness (QED) is 0.627. The van der Waals surface area contributed by atoms with E-state index in [0.29, 0.717) is 6.54 Å². The summed E-state index contributed by atoms with van der Waals surface area (Å²) in [5, 5.41) is 0. The van der Waals surface area contributed by atoms with Crippen molar-refractivity contribution >= 4 is 0 Å². The van der Waals surface area contributed by atoms with Crippen LogP contribution in [-0.4, -0.2) is 19.0 Å². The fourth-order valence-corrected chi connectivity index (χ4v) is 0.967. The molecule has 0 N–H and O–H groups in total. The fraction of sp³-hybridized carbons (Fsp3) is 0.333. The van der Waals surface area contributed by atoms with Crippen LogP contribution in [0.2, 0.25) is 0 Å². The first-order chi connectivity index (χ1) is 5.20. The van der Waals surface area contributed by atoms with Crippen LogP contribution >= 0.6 is 0 Å². The highest BCUT2D eigenvalue weighted by Gasteiger charge is 1.99. The molecular weight excluding hydrogens is 141 g/mol. The lowest BCUT2D eigenvalue weighted by Crippen LogP contribution is -2.11. The molecule has 0 unspecified atom stereocenters. The van der Waals surface area contributed by atoms with Crippen LogP contribution in [0.4, 0.5) is 4.39 Å². The van der Waals surface area contributed by atoms with Crippen LogP contribution in [0.15, 0.2) is 24.3 Å². The van der Waals surface area contributed by atoms with Crippen LogP contribution in [0.25, 0.3) is 0 Å². The number of benzene rings is 1. The molecule has 0 saturated heterocycles. The Kier molecular flexibility index (Phi) is 2.60. The molecule has 0 amide bonds. The van der Waals surface area contributed by atoms with Gasteiger partial charge in [0.15, 0.2) is 0 Å². The van der Waals surface area contributed by atoms with E-state index >= 15 is 0 Å². The SMILES string of the molecule is CN(C)Cc1ccccc1F. The predicted octanol–water partition coefficient (Wildman–Crippen LogP) is 1.89. The first-order valence-electron chi connectivity index (χ1n) is 3.58. The molecule has 1 nitrogen and oxygen atoms in total. The molecule has 0 saturated carbocycles. The molecule has 0 bridgehead atoms. The molecule has 0 aliphatic rings. The van der Waals surface area contributed by atoms with E-state index < -0.39 is 0 Å². The summed E-state index contributed by atoms with van der Waals surface area (Å²) in [5.74, 6) is -0.124. The number of hydrogen-bond donors (Lipinski definition) is 0. The van der Waals surface area contributed by atoms with E-state index in [1.54, 1.807) is 12.1 Å². The molecule has 1 aromatic rings. The van der Waals surface area contributed by atoms with E-state index in [1.165, 1.54) is 6.07 Å². The molecular formula is C9H12FN. The van der Waals surface area contributed by atoms with Crippen molar-refractivity contribution in [2.45, 2.75) is 6.54 Å². The molecule has 2 heteroatoms. The van der Waals surface area contributed by atoms with Gasteiger partial charge in [0.2, 0.25) is 0 Å². The number of nitrogens with zero attached hydrogens (tertiary/aromatic N) is 1. The minimum Gasteiger partial charge on any atom is -0.305 e. The maximum absolute atomic E-state index is 12.9. The summed E-state index contributed by atoms with van der Waals surface area (Å²) in [6.07, 6.45) is 0. The number of rotatable bonds is 2. The highest BCUT2D eigenvalue weighted by molar-refractivity contribution is 5.16. The summed E-state index contributed by atoms with van der Waals surface area (Å²) < 4.78 is 12.9. The van der Waals surface area contributed by atoms with Crippen LogP contribution in [0.3, 0.4) is 0 Å². The molecule has 0 atom stereocenters. The van der Waals surface area contributed by atoms with Crippen LogP contribution in [-0.2, 0) is 6.54 Å². The van der Waals surface area contributed by atoms with Crippen molar-refractivity contribution in [3.05, 3.63) is 35.6 Å². The third-order valence-corrected chi connectivity index (χ3v) is 1.44. The van der Waals surface area contributed by atoms with E-state index in [1.807, 2.05) is 25.1 Å². The average Bonchev–Trinajstić information content (AvgIpc) is 1.93. The molecule has 0 heterocycles. The van der Waals surface area contributed by atoms with Crippen LogP contribution in [0.1, 0.15) is 5.56 Å². The maximum Gasteiger partial charge on any atom is 0.127 e. The van der Waals surface area contributed by atoms with Gasteiger partial charge in [0.25, 0.3) is 0 Å². The van der Waals surface area contributed by atoms with E-state index in [0.717, 1.165) is 5.56 Å². The summed E-state index contributed by atoms with van der Waals surface area (Å²) in [6, 6.07) is 6.84. The van der Waals surface area contributed by atoms with Gasteiger partial charge in [0.1, 0.15) is 5.82 Å². The van der Waals surface area contributed by atoms with Crippen molar-refractivity contribution in [2.24, 2.45) is 0 Å². The smallest absolute Gasteiger partial charge is 0.127 e. The van der Waals surface area contributed by atoms with Gasteiger partial charge in [0.05, 0.1) is 0 Å². The Morgan fingerprint density at radius 1 is 1.27 bits per heavy atom. The summed E-state index contributed by atoms with van der Waals surface area (Å²) in [5.41, 5.74) is 0.748. The van der Waals surface area contributed by atoms with Gasteiger partial charge in [-0.15, -0.1) is 0 Å². The molecule has 11 heavy (non-hydrogen) atoms. The lowest BCUT2D eigenvalue weighted by atomic mass is 10.2. The Hall–Kier alpha value is -0.890. The van der Waals surface area contributed by atoms with Crippen LogP contribution in [0, 0.1) is 5.82 Å². The van der Waals surface area contributed by atoms with Gasteiger partial charge < -0.3 is 4.90 Å². The minimum atomic E-state index is -0.124. The zero-order chi connectivity index (χ0) is 8.27. The zero-order valence-corrected chi connectivity index (χ0v) is 6.84. The second kappa shape index (κ2) is 3.49. The van der Waals surface area contributed by atoms with Crippen molar-refractivity contribution in [1.82, 2.24) is 4.90 Å². The second-order valence-corrected chi connectivity index (χ2v) is 2.83. The summed E-state index contributed by atoms with van der Waals surface area (Å²) in [7, 11) is 3.85. The topological polar surface area (TPSA) is 3.24 Å². The van der Waals surface area contributed by atoms with Gasteiger partial charge in [-0.25, -0.2) is 4.39 Å². The van der Waals surface area contributed by atoms with Crippen LogP contribution < -0.4 is 0 Å². The molecule has 60 valence electrons. The highest BCUT2D eigenvalue weighted by Crippen LogP contribution is 2.07. The van der Waals surface area contributed by atoms with E-state index in [2.05, 4.69) is 0 Å². The first-order valence-corrected chi connectivity index (χ1v) is 3.58. The Balaban J connectivity index is 2.78. The van der Waals surface area contributed by atoms with E-state index in [4.69, 9.17) is 0 Å². The molecule has 0 aromatic heterocycles. The zero-order valence-electron chi connectivity index (χ0n) is 6.84. The molecule has 0 fully saturated rings. The fourth-order valence-electron chi connectivity index (χ4n) is 0.967. The first kappa shape index (κ1) is 8.21. The monoisotopic (exact) mass is 153 g/mol. The van der Waals surface area contributed by atoms with Crippen molar-refractivity contribution in [2.75, 3.05) is 14.1 Å². The lowest BCUT2D eigenvalue weighted by molar-refractivity contribution is 0.392. The van der Waals surface area contributed by atoms with Gasteiger partial charge in [-0.1, -0.05) is 18.2 Å². The standard InChI is InChI=1S/C9H12FN/c1-11(2)7-8-5-3-4-6-9(8)10/h3-6H,7H2,1-2H3. The summed E-state index contributed by atoms with van der Waals surface area (Å²) in [6.45, 7) is 0.659. The van der Waals surface area contributed by atoms with Gasteiger partial charge in [-0.05, 0) is 20.2 Å². The van der Waals surface area contributed by atoms with Gasteiger partial charge >= 0.3 is 0 Å². The third-order valence-electron chi connectivity index (χ3n) is 1.44. The number of hydrogen-bond acceptors (Lipinski definition) is 1. The van der Waals surface area contributed by atoms with Crippen LogP contribution in [0.5, 0.6) is 0 Å². The average molecular weight is 153 g/mol. The molecule has 1 rings (SSSR count). The molecule has 0 spiro atoms. The molecule has 1 aromatic carbocycles. The molecule has 0 aliphatic carbocycles. The Morgan fingerprint density at radius 3 is 2.45 bits per heavy atom. The minimum absolute atomic E-state index is 0.124. The molecule has 0 radical (unpaired) electrons. The van der Waals surface area contributed by atoms with E-state index in [9.17, 15) is 4.39 Å². The second-order valence-electron chi connectivity index (χ2n) is 2.83. The predicted molar refractivity (Wildman–Crippen MR) is 43.8 cm³/mol. The molecule has 0 aliphatic heterocycles. The largest absolute Gasteiger partial charge is 0.305 e. The van der Waals surface area contributed by atoms with Crippen molar-refractivity contribution in [3.63, 3.8) is 0 Å². The normalized spacial score (nSPS) is 10.5.